The van der Waals surface area contributed by atoms with Crippen LogP contribution in [-0.2, 0) is 28.9 Å². The smallest absolute Gasteiger partial charge is 0.394 e. The van der Waals surface area contributed by atoms with Crippen LogP contribution in [0.1, 0.15) is 174 Å². The Morgan fingerprint density at radius 3 is 1.75 bits per heavy atom. The van der Waals surface area contributed by atoms with Crippen LogP contribution in [-0.4, -0.2) is 107 Å². The third-order valence-corrected chi connectivity index (χ3v) is 11.1. The molecule has 7 N–H and O–H groups in total. The molecular formula is C46H83NO12S. The number of nitrogens with one attached hydrogen (secondary N) is 1. The van der Waals surface area contributed by atoms with Gasteiger partial charge in [0, 0.05) is 0 Å². The Hall–Kier alpha value is -1.98. The minimum Gasteiger partial charge on any atom is -0.394 e. The van der Waals surface area contributed by atoms with Gasteiger partial charge < -0.3 is 40.3 Å². The van der Waals surface area contributed by atoms with Crippen molar-refractivity contribution in [1.82, 2.24) is 5.32 Å². The van der Waals surface area contributed by atoms with E-state index in [2.05, 4.69) is 53.7 Å². The lowest BCUT2D eigenvalue weighted by atomic mass is 9.99. The lowest BCUT2D eigenvalue weighted by Gasteiger charge is -2.41. The van der Waals surface area contributed by atoms with Crippen LogP contribution < -0.4 is 5.32 Å². The van der Waals surface area contributed by atoms with E-state index in [0.29, 0.717) is 12.8 Å². The molecule has 13 nitrogen and oxygen atoms in total. The van der Waals surface area contributed by atoms with Crippen molar-refractivity contribution in [3.63, 3.8) is 0 Å². The molecule has 1 fully saturated rings. The van der Waals surface area contributed by atoms with Gasteiger partial charge in [-0.3, -0.25) is 9.35 Å². The molecule has 0 saturated carbocycles. The summed E-state index contributed by atoms with van der Waals surface area (Å²) in [6.07, 6.45) is 32.5. The fourth-order valence-electron chi connectivity index (χ4n) is 6.98. The molecule has 0 radical (unpaired) electrons. The van der Waals surface area contributed by atoms with E-state index in [1.807, 2.05) is 6.08 Å². The molecule has 0 bridgehead atoms. The second kappa shape index (κ2) is 36.5. The first-order chi connectivity index (χ1) is 28.9. The lowest BCUT2D eigenvalue weighted by Crippen LogP contribution is -2.61. The zero-order chi connectivity index (χ0) is 44.3. The molecule has 60 heavy (non-hydrogen) atoms. The van der Waals surface area contributed by atoms with Gasteiger partial charge in [0.25, 0.3) is 0 Å². The van der Waals surface area contributed by atoms with Crippen molar-refractivity contribution in [3.05, 3.63) is 48.6 Å². The first-order valence-corrected chi connectivity index (χ1v) is 24.5. The van der Waals surface area contributed by atoms with Crippen molar-refractivity contribution in [2.75, 3.05) is 13.2 Å². The van der Waals surface area contributed by atoms with Crippen LogP contribution in [0.3, 0.4) is 0 Å². The number of hydrogen-bond acceptors (Lipinski definition) is 11. The van der Waals surface area contributed by atoms with Crippen LogP contribution in [0.15, 0.2) is 48.6 Å². The minimum absolute atomic E-state index is 0.228. The van der Waals surface area contributed by atoms with E-state index in [1.54, 1.807) is 6.08 Å². The average molecular weight is 874 g/mol. The van der Waals surface area contributed by atoms with Crippen LogP contribution in [0, 0.1) is 0 Å². The first-order valence-electron chi connectivity index (χ1n) is 23.1. The Morgan fingerprint density at radius 2 is 1.20 bits per heavy atom. The maximum Gasteiger partial charge on any atom is 0.397 e. The Bertz CT molecular complexity index is 1280. The van der Waals surface area contributed by atoms with Crippen molar-refractivity contribution in [2.45, 2.75) is 223 Å². The summed E-state index contributed by atoms with van der Waals surface area (Å²) in [5.74, 6) is -0.723. The summed E-state index contributed by atoms with van der Waals surface area (Å²) in [4.78, 5) is 13.0. The van der Waals surface area contributed by atoms with Crippen molar-refractivity contribution in [2.24, 2.45) is 0 Å². The summed E-state index contributed by atoms with van der Waals surface area (Å²) < 4.78 is 47.3. The first kappa shape index (κ1) is 56.0. The SMILES string of the molecule is CCC/C=C/CC/C=C/C(O)C(COC1OC(CO)C(O)C(OS(=O)(=O)O)C1O)NC(=O)C(O)CCCCCCCCCC/C=C\C/C=C\CCCCCCCCCCC. The molecule has 8 atom stereocenters. The summed E-state index contributed by atoms with van der Waals surface area (Å²) >= 11 is 0. The van der Waals surface area contributed by atoms with E-state index in [0.717, 1.165) is 57.8 Å². The van der Waals surface area contributed by atoms with Crippen molar-refractivity contribution in [3.8, 4) is 0 Å². The fourth-order valence-corrected chi connectivity index (χ4v) is 7.49. The number of rotatable bonds is 38. The Balaban J connectivity index is 2.40. The van der Waals surface area contributed by atoms with Gasteiger partial charge in [0.1, 0.15) is 30.5 Å². The normalized spacial score (nSPS) is 21.8. The molecule has 350 valence electrons. The fraction of sp³-hybridized carbons (Fsp3) is 0.804. The number of hydrogen-bond donors (Lipinski definition) is 7. The number of allylic oxidation sites excluding steroid dienone is 7. The molecule has 0 spiro atoms. The van der Waals surface area contributed by atoms with E-state index >= 15 is 0 Å². The van der Waals surface area contributed by atoms with E-state index in [-0.39, 0.29) is 6.42 Å². The third kappa shape index (κ3) is 28.6. The standard InChI is InChI=1S/C46H83NO12S/c1-3-5-7-9-11-12-13-14-15-16-17-18-19-20-21-22-23-24-25-26-27-29-31-33-35-40(50)45(53)47-38(39(49)34-32-30-28-10-8-6-4-2)37-57-46-43(52)44(59-60(54,55)56)42(51)41(36-48)58-46/h8,10,17-18,20-21,32,34,38-44,46,48-52H,3-7,9,11-16,19,22-31,33,35-37H2,1-2H3,(H,47,53)(H,54,55,56)/b10-8+,18-17-,21-20-,34-32+. The highest BCUT2D eigenvalue weighted by molar-refractivity contribution is 7.80. The molecular weight excluding hydrogens is 791 g/mol. The second-order valence-corrected chi connectivity index (χ2v) is 17.2. The molecule has 1 rings (SSSR count). The highest BCUT2D eigenvalue weighted by atomic mass is 32.3. The summed E-state index contributed by atoms with van der Waals surface area (Å²) in [6, 6.07) is -1.14. The zero-order valence-corrected chi connectivity index (χ0v) is 37.7. The molecule has 1 aliphatic rings. The number of unbranched alkanes of at least 4 members (excludes halogenated alkanes) is 19. The monoisotopic (exact) mass is 874 g/mol. The predicted molar refractivity (Wildman–Crippen MR) is 237 cm³/mol. The Labute approximate surface area is 362 Å². The van der Waals surface area contributed by atoms with Gasteiger partial charge in [-0.2, -0.15) is 8.42 Å². The van der Waals surface area contributed by atoms with Gasteiger partial charge >= 0.3 is 10.4 Å². The molecule has 0 aromatic rings. The molecule has 0 aliphatic carbocycles. The lowest BCUT2D eigenvalue weighted by molar-refractivity contribution is -0.298. The highest BCUT2D eigenvalue weighted by Gasteiger charge is 2.48. The quantitative estimate of drug-likeness (QED) is 0.0180. The topological polar surface area (TPSA) is 212 Å². The summed E-state index contributed by atoms with van der Waals surface area (Å²) in [7, 11) is -5.12. The maximum absolute atomic E-state index is 13.0. The zero-order valence-electron chi connectivity index (χ0n) is 36.9. The number of ether oxygens (including phenoxy) is 2. The number of carbonyl (C=O) groups is 1. The van der Waals surface area contributed by atoms with Crippen molar-refractivity contribution >= 4 is 16.3 Å². The average Bonchev–Trinajstić information content (AvgIpc) is 3.22. The molecule has 14 heteroatoms. The number of carbonyl (C=O) groups excluding carboxylic acids is 1. The predicted octanol–water partition coefficient (Wildman–Crippen LogP) is 7.85. The summed E-state index contributed by atoms with van der Waals surface area (Å²) in [5.41, 5.74) is 0. The van der Waals surface area contributed by atoms with Gasteiger partial charge in [0.2, 0.25) is 5.91 Å². The largest absolute Gasteiger partial charge is 0.397 e. The van der Waals surface area contributed by atoms with E-state index in [1.165, 1.54) is 89.5 Å². The molecule has 1 aliphatic heterocycles. The van der Waals surface area contributed by atoms with Gasteiger partial charge in [0.05, 0.1) is 25.4 Å². The van der Waals surface area contributed by atoms with Gasteiger partial charge in [-0.05, 0) is 57.8 Å². The van der Waals surface area contributed by atoms with Crippen LogP contribution in [0.2, 0.25) is 0 Å². The van der Waals surface area contributed by atoms with Gasteiger partial charge in [-0.1, -0.05) is 165 Å². The minimum atomic E-state index is -5.12. The van der Waals surface area contributed by atoms with Crippen LogP contribution in [0.25, 0.3) is 0 Å². The van der Waals surface area contributed by atoms with Gasteiger partial charge in [0.15, 0.2) is 6.29 Å². The highest BCUT2D eigenvalue weighted by Crippen LogP contribution is 2.26. The van der Waals surface area contributed by atoms with Gasteiger partial charge in [-0.15, -0.1) is 0 Å². The van der Waals surface area contributed by atoms with Crippen LogP contribution >= 0.6 is 0 Å². The summed E-state index contributed by atoms with van der Waals surface area (Å²) in [6.45, 7) is 3.06. The maximum atomic E-state index is 13.0. The third-order valence-electron chi connectivity index (χ3n) is 10.7. The molecule has 0 aromatic carbocycles. The van der Waals surface area contributed by atoms with Gasteiger partial charge in [-0.25, -0.2) is 4.18 Å². The van der Waals surface area contributed by atoms with E-state index in [4.69, 9.17) is 14.0 Å². The molecule has 8 unspecified atom stereocenters. The second-order valence-electron chi connectivity index (χ2n) is 16.1. The molecule has 0 aromatic heterocycles. The van der Waals surface area contributed by atoms with Crippen molar-refractivity contribution in [1.29, 1.82) is 0 Å². The Kier molecular flexibility index (Phi) is 34.1. The van der Waals surface area contributed by atoms with E-state index < -0.39 is 78.5 Å². The molecule has 1 heterocycles. The molecule has 1 amide bonds. The number of amides is 1. The van der Waals surface area contributed by atoms with E-state index in [9.17, 15) is 38.7 Å². The molecule has 1 saturated heterocycles. The number of aliphatic hydroxyl groups is 5. The van der Waals surface area contributed by atoms with Crippen LogP contribution in [0.5, 0.6) is 0 Å². The summed E-state index contributed by atoms with van der Waals surface area (Å²) in [5, 5.41) is 54.8. The van der Waals surface area contributed by atoms with Crippen molar-refractivity contribution < 1.29 is 57.0 Å². The Morgan fingerprint density at radius 1 is 0.683 bits per heavy atom. The number of aliphatic hydroxyl groups excluding tert-OH is 5. The van der Waals surface area contributed by atoms with Crippen LogP contribution in [0.4, 0.5) is 0 Å².